The van der Waals surface area contributed by atoms with E-state index < -0.39 is 6.09 Å². The molecular formula is C9H14N2O3. The topological polar surface area (TPSA) is 84.6 Å². The Bertz CT molecular complexity index is 247. The first-order valence-corrected chi connectivity index (χ1v) is 3.95. The smallest absolute Gasteiger partial charge is 0.402 e. The number of carboxylic acid groups (broad SMARTS) is 1. The van der Waals surface area contributed by atoms with E-state index in [9.17, 15) is 0 Å². The van der Waals surface area contributed by atoms with E-state index in [2.05, 4.69) is 11.2 Å². The SMILES string of the molecule is CONCc1ccccc1.NC(=O)O. The fourth-order valence-electron chi connectivity index (χ4n) is 0.751. The Hall–Kier alpha value is -1.59. The monoisotopic (exact) mass is 198 g/mol. The van der Waals surface area contributed by atoms with E-state index in [0.29, 0.717) is 0 Å². The van der Waals surface area contributed by atoms with Gasteiger partial charge in [0.25, 0.3) is 0 Å². The lowest BCUT2D eigenvalue weighted by molar-refractivity contribution is 0.0867. The zero-order valence-electron chi connectivity index (χ0n) is 7.93. The molecule has 78 valence electrons. The maximum atomic E-state index is 8.78. The van der Waals surface area contributed by atoms with Gasteiger partial charge >= 0.3 is 6.09 Å². The van der Waals surface area contributed by atoms with E-state index in [1.165, 1.54) is 5.56 Å². The minimum absolute atomic E-state index is 0.761. The molecule has 0 bridgehead atoms. The maximum absolute atomic E-state index is 8.78. The van der Waals surface area contributed by atoms with E-state index in [0.717, 1.165) is 6.54 Å². The highest BCUT2D eigenvalue weighted by Gasteiger charge is 1.86. The molecule has 0 aliphatic carbocycles. The molecule has 5 nitrogen and oxygen atoms in total. The number of hydrogen-bond donors (Lipinski definition) is 3. The van der Waals surface area contributed by atoms with E-state index in [1.807, 2.05) is 30.3 Å². The summed E-state index contributed by atoms with van der Waals surface area (Å²) >= 11 is 0. The number of nitrogens with one attached hydrogen (secondary N) is 1. The molecule has 0 spiro atoms. The van der Waals surface area contributed by atoms with Crippen LogP contribution in [0, 0.1) is 0 Å². The lowest BCUT2D eigenvalue weighted by Gasteiger charge is -1.99. The van der Waals surface area contributed by atoms with Crippen molar-refractivity contribution in [3.8, 4) is 0 Å². The van der Waals surface area contributed by atoms with Crippen LogP contribution < -0.4 is 11.2 Å². The van der Waals surface area contributed by atoms with Crippen LogP contribution in [-0.2, 0) is 11.4 Å². The molecule has 0 saturated heterocycles. The molecular weight excluding hydrogens is 184 g/mol. The van der Waals surface area contributed by atoms with Crippen LogP contribution in [0.1, 0.15) is 5.56 Å². The summed E-state index contributed by atoms with van der Waals surface area (Å²) in [5, 5.41) is 7.19. The molecule has 1 rings (SSSR count). The van der Waals surface area contributed by atoms with Crippen LogP contribution in [0.3, 0.4) is 0 Å². The molecule has 0 unspecified atom stereocenters. The molecule has 14 heavy (non-hydrogen) atoms. The minimum Gasteiger partial charge on any atom is -0.465 e. The zero-order chi connectivity index (χ0) is 10.8. The summed E-state index contributed by atoms with van der Waals surface area (Å²) in [6.45, 7) is 0.761. The van der Waals surface area contributed by atoms with Gasteiger partial charge in [-0.25, -0.2) is 4.79 Å². The number of rotatable bonds is 3. The fraction of sp³-hybridized carbons (Fsp3) is 0.222. The maximum Gasteiger partial charge on any atom is 0.402 e. The van der Waals surface area contributed by atoms with E-state index in [-0.39, 0.29) is 0 Å². The summed E-state index contributed by atoms with van der Waals surface area (Å²) < 4.78 is 0. The Morgan fingerprint density at radius 3 is 2.43 bits per heavy atom. The second kappa shape index (κ2) is 8.03. The van der Waals surface area contributed by atoms with Gasteiger partial charge in [0.15, 0.2) is 0 Å². The summed E-state index contributed by atoms with van der Waals surface area (Å²) in [4.78, 5) is 13.5. The van der Waals surface area contributed by atoms with Gasteiger partial charge in [-0.1, -0.05) is 30.3 Å². The summed E-state index contributed by atoms with van der Waals surface area (Å²) in [5.74, 6) is 0. The van der Waals surface area contributed by atoms with Crippen LogP contribution in [0.5, 0.6) is 0 Å². The number of nitrogens with two attached hydrogens (primary N) is 1. The minimum atomic E-state index is -1.33. The van der Waals surface area contributed by atoms with Crippen molar-refractivity contribution in [3.05, 3.63) is 35.9 Å². The second-order valence-electron chi connectivity index (χ2n) is 2.35. The highest BCUT2D eigenvalue weighted by Crippen LogP contribution is 1.96. The van der Waals surface area contributed by atoms with Gasteiger partial charge in [0, 0.05) is 6.54 Å². The van der Waals surface area contributed by atoms with Gasteiger partial charge in [-0.05, 0) is 5.56 Å². The highest BCUT2D eigenvalue weighted by atomic mass is 16.6. The molecule has 1 aromatic carbocycles. The van der Waals surface area contributed by atoms with Crippen molar-refractivity contribution in [1.29, 1.82) is 0 Å². The number of carbonyl (C=O) groups is 1. The summed E-state index contributed by atoms with van der Waals surface area (Å²) in [5.41, 5.74) is 8.02. The normalized spacial score (nSPS) is 8.64. The molecule has 0 radical (unpaired) electrons. The predicted molar refractivity (Wildman–Crippen MR) is 52.5 cm³/mol. The van der Waals surface area contributed by atoms with E-state index >= 15 is 0 Å². The van der Waals surface area contributed by atoms with Crippen molar-refractivity contribution in [2.45, 2.75) is 6.54 Å². The Morgan fingerprint density at radius 1 is 1.50 bits per heavy atom. The number of amides is 1. The summed E-state index contributed by atoms with van der Waals surface area (Å²) in [7, 11) is 1.61. The molecule has 5 heteroatoms. The Kier molecular flexibility index (Phi) is 7.12. The number of hydroxylamine groups is 1. The van der Waals surface area contributed by atoms with Crippen molar-refractivity contribution in [1.82, 2.24) is 5.48 Å². The zero-order valence-corrected chi connectivity index (χ0v) is 7.93. The third-order valence-electron chi connectivity index (χ3n) is 1.26. The first kappa shape index (κ1) is 12.4. The quantitative estimate of drug-likeness (QED) is 0.631. The van der Waals surface area contributed by atoms with Gasteiger partial charge in [0.05, 0.1) is 7.11 Å². The Balaban J connectivity index is 0.000000364. The van der Waals surface area contributed by atoms with Gasteiger partial charge in [-0.15, -0.1) is 0 Å². The number of primary amides is 1. The van der Waals surface area contributed by atoms with E-state index in [4.69, 9.17) is 14.7 Å². The van der Waals surface area contributed by atoms with Crippen LogP contribution in [0.4, 0.5) is 4.79 Å². The highest BCUT2D eigenvalue weighted by molar-refractivity contribution is 5.61. The molecule has 0 heterocycles. The van der Waals surface area contributed by atoms with Crippen molar-refractivity contribution in [2.24, 2.45) is 5.73 Å². The summed E-state index contributed by atoms with van der Waals surface area (Å²) in [6.07, 6.45) is -1.33. The van der Waals surface area contributed by atoms with Crippen molar-refractivity contribution < 1.29 is 14.7 Å². The third-order valence-corrected chi connectivity index (χ3v) is 1.26. The molecule has 0 aromatic heterocycles. The first-order valence-electron chi connectivity index (χ1n) is 3.95. The van der Waals surface area contributed by atoms with Gasteiger partial charge in [-0.2, -0.15) is 5.48 Å². The van der Waals surface area contributed by atoms with Crippen molar-refractivity contribution in [2.75, 3.05) is 7.11 Å². The van der Waals surface area contributed by atoms with Crippen LogP contribution in [0.25, 0.3) is 0 Å². The molecule has 0 aliphatic rings. The van der Waals surface area contributed by atoms with Gasteiger partial charge in [0.1, 0.15) is 0 Å². The number of hydrogen-bond acceptors (Lipinski definition) is 3. The van der Waals surface area contributed by atoms with Gasteiger partial charge in [0.2, 0.25) is 0 Å². The molecule has 0 saturated carbocycles. The van der Waals surface area contributed by atoms with Crippen LogP contribution in [0.2, 0.25) is 0 Å². The Labute approximate surface area is 82.4 Å². The van der Waals surface area contributed by atoms with Gasteiger partial charge in [-0.3, -0.25) is 0 Å². The second-order valence-corrected chi connectivity index (χ2v) is 2.35. The standard InChI is InChI=1S/C8H11NO.CH3NO2/c1-10-9-7-8-5-3-2-4-6-8;2-1(3)4/h2-6,9H,7H2,1H3;2H2,(H,3,4). The first-order chi connectivity index (χ1) is 6.66. The fourth-order valence-corrected chi connectivity index (χ4v) is 0.751. The molecule has 1 aromatic rings. The lowest BCUT2D eigenvalue weighted by atomic mass is 10.2. The van der Waals surface area contributed by atoms with Crippen LogP contribution in [0.15, 0.2) is 30.3 Å². The average Bonchev–Trinajstić information content (AvgIpc) is 2.15. The third kappa shape index (κ3) is 8.51. The lowest BCUT2D eigenvalue weighted by Crippen LogP contribution is -2.10. The molecule has 0 atom stereocenters. The molecule has 0 fully saturated rings. The largest absolute Gasteiger partial charge is 0.465 e. The molecule has 0 aliphatic heterocycles. The molecule has 1 amide bonds. The van der Waals surface area contributed by atoms with E-state index in [1.54, 1.807) is 7.11 Å². The summed E-state index contributed by atoms with van der Waals surface area (Å²) in [6, 6.07) is 10.1. The number of benzene rings is 1. The average molecular weight is 198 g/mol. The molecule has 4 N–H and O–H groups in total. The van der Waals surface area contributed by atoms with Gasteiger partial charge < -0.3 is 15.7 Å². The van der Waals surface area contributed by atoms with Crippen LogP contribution >= 0.6 is 0 Å². The van der Waals surface area contributed by atoms with Crippen molar-refractivity contribution >= 4 is 6.09 Å². The predicted octanol–water partition coefficient (Wildman–Crippen LogP) is 0.961. The Morgan fingerprint density at radius 2 is 2.00 bits per heavy atom. The van der Waals surface area contributed by atoms with Crippen LogP contribution in [-0.4, -0.2) is 18.3 Å². The van der Waals surface area contributed by atoms with Crippen molar-refractivity contribution in [3.63, 3.8) is 0 Å².